The average molecular weight is 534 g/mol. The van der Waals surface area contributed by atoms with Crippen molar-refractivity contribution in [2.24, 2.45) is 10.2 Å². The SMILES string of the molecule is C#CCCC1(CCNC(c2ccc(C#N)s2)c2nnnn2-c2ccc(F)cc2)N=N1.O=C(O)C(F)(F)F. The molecule has 0 saturated carbocycles. The van der Waals surface area contributed by atoms with E-state index < -0.39 is 17.8 Å². The minimum atomic E-state index is -5.08. The lowest BCUT2D eigenvalue weighted by Gasteiger charge is -2.18. The number of terminal acetylenes is 1. The highest BCUT2D eigenvalue weighted by Gasteiger charge is 2.39. The van der Waals surface area contributed by atoms with Crippen LogP contribution < -0.4 is 5.32 Å². The standard InChI is InChI=1S/C20H17FN8S.C2HF3O2/c1-2-3-10-20(25-26-20)11-12-23-18(17-9-8-16(13-22)30-17)19-24-27-28-29(19)15-6-4-14(21)5-7-15;3-2(4,5)1(6)7/h1,4-9,18,23H,3,10-12H2;(H,6,7). The summed E-state index contributed by atoms with van der Waals surface area (Å²) in [5, 5.41) is 40.2. The van der Waals surface area contributed by atoms with Crippen molar-refractivity contribution in [3.8, 4) is 24.1 Å². The second kappa shape index (κ2) is 11.7. The van der Waals surface area contributed by atoms with Gasteiger partial charge in [0.2, 0.25) is 0 Å². The fourth-order valence-corrected chi connectivity index (χ4v) is 3.99. The molecule has 0 spiro atoms. The minimum absolute atomic E-state index is 0.339. The van der Waals surface area contributed by atoms with Gasteiger partial charge in [-0.2, -0.15) is 33.3 Å². The summed E-state index contributed by atoms with van der Waals surface area (Å²) < 4.78 is 46.6. The number of aliphatic carboxylic acids is 1. The first-order valence-corrected chi connectivity index (χ1v) is 11.4. The maximum absolute atomic E-state index is 13.3. The summed E-state index contributed by atoms with van der Waals surface area (Å²) in [7, 11) is 0. The molecule has 2 N–H and O–H groups in total. The van der Waals surface area contributed by atoms with E-state index in [4.69, 9.17) is 16.3 Å². The first-order valence-electron chi connectivity index (χ1n) is 10.5. The quantitative estimate of drug-likeness (QED) is 0.312. The van der Waals surface area contributed by atoms with Crippen molar-refractivity contribution in [1.29, 1.82) is 5.26 Å². The Morgan fingerprint density at radius 2 is 1.89 bits per heavy atom. The van der Waals surface area contributed by atoms with Crippen molar-refractivity contribution in [3.05, 3.63) is 57.8 Å². The Bertz CT molecular complexity index is 1330. The van der Waals surface area contributed by atoms with Crippen molar-refractivity contribution in [2.45, 2.75) is 37.1 Å². The molecule has 15 heteroatoms. The molecule has 0 amide bonds. The summed E-state index contributed by atoms with van der Waals surface area (Å²) in [5.74, 6) is 0.0657. The molecule has 2 aromatic heterocycles. The second-order valence-corrected chi connectivity index (χ2v) is 8.68. The van der Waals surface area contributed by atoms with E-state index in [0.29, 0.717) is 35.8 Å². The van der Waals surface area contributed by atoms with E-state index in [2.05, 4.69) is 43.1 Å². The van der Waals surface area contributed by atoms with Gasteiger partial charge in [0.25, 0.3) is 0 Å². The summed E-state index contributed by atoms with van der Waals surface area (Å²) >= 11 is 1.37. The number of benzene rings is 1. The van der Waals surface area contributed by atoms with Crippen LogP contribution in [0.15, 0.2) is 46.6 Å². The highest BCUT2D eigenvalue weighted by atomic mass is 32.1. The first-order chi connectivity index (χ1) is 17.6. The fraction of sp³-hybridized carbons (Fsp3) is 0.318. The van der Waals surface area contributed by atoms with Crippen LogP contribution in [0.5, 0.6) is 0 Å². The van der Waals surface area contributed by atoms with Crippen LogP contribution >= 0.6 is 11.3 Å². The lowest BCUT2D eigenvalue weighted by Crippen LogP contribution is -2.29. The van der Waals surface area contributed by atoms with Crippen LogP contribution in [0.3, 0.4) is 0 Å². The number of carbonyl (C=O) groups is 1. The van der Waals surface area contributed by atoms with Gasteiger partial charge in [0.15, 0.2) is 11.5 Å². The van der Waals surface area contributed by atoms with Gasteiger partial charge < -0.3 is 10.4 Å². The van der Waals surface area contributed by atoms with Gasteiger partial charge >= 0.3 is 12.1 Å². The van der Waals surface area contributed by atoms with E-state index in [1.807, 2.05) is 6.07 Å². The molecular weight excluding hydrogens is 516 g/mol. The van der Waals surface area contributed by atoms with Gasteiger partial charge in [-0.05, 0) is 46.8 Å². The van der Waals surface area contributed by atoms with E-state index in [-0.39, 0.29) is 11.9 Å². The van der Waals surface area contributed by atoms with E-state index in [9.17, 15) is 22.8 Å². The van der Waals surface area contributed by atoms with Crippen molar-refractivity contribution in [2.75, 3.05) is 6.54 Å². The van der Waals surface area contributed by atoms with Crippen molar-refractivity contribution in [3.63, 3.8) is 0 Å². The van der Waals surface area contributed by atoms with Crippen LogP contribution in [0.4, 0.5) is 17.6 Å². The number of carboxylic acid groups (broad SMARTS) is 1. The Morgan fingerprint density at radius 3 is 2.43 bits per heavy atom. The molecule has 0 radical (unpaired) electrons. The largest absolute Gasteiger partial charge is 0.490 e. The Morgan fingerprint density at radius 1 is 1.22 bits per heavy atom. The molecule has 0 aliphatic carbocycles. The first kappa shape index (κ1) is 27.4. The topological polar surface area (TPSA) is 141 Å². The smallest absolute Gasteiger partial charge is 0.475 e. The van der Waals surface area contributed by atoms with Crippen LogP contribution in [0.25, 0.3) is 5.69 Å². The van der Waals surface area contributed by atoms with Crippen molar-refractivity contribution in [1.82, 2.24) is 25.5 Å². The van der Waals surface area contributed by atoms with Gasteiger partial charge in [-0.3, -0.25) is 0 Å². The zero-order valence-electron chi connectivity index (χ0n) is 18.9. The Balaban J connectivity index is 0.000000479. The number of nitrogens with one attached hydrogen (secondary N) is 1. The number of carboxylic acids is 1. The molecule has 4 rings (SSSR count). The number of hydrogen-bond acceptors (Lipinski definition) is 9. The number of thiophene rings is 1. The molecule has 0 saturated heterocycles. The Kier molecular flexibility index (Phi) is 8.65. The second-order valence-electron chi connectivity index (χ2n) is 7.57. The number of aromatic nitrogens is 4. The summed E-state index contributed by atoms with van der Waals surface area (Å²) in [6, 6.07) is 11.4. The zero-order chi connectivity index (χ0) is 27.1. The molecule has 1 aromatic carbocycles. The van der Waals surface area contributed by atoms with Gasteiger partial charge in [0.1, 0.15) is 22.8 Å². The summed E-state index contributed by atoms with van der Waals surface area (Å²) in [6.45, 7) is 0.596. The molecule has 10 nitrogen and oxygen atoms in total. The molecule has 1 atom stereocenters. The van der Waals surface area contributed by atoms with Crippen LogP contribution in [0.2, 0.25) is 0 Å². The number of halogens is 4. The monoisotopic (exact) mass is 534 g/mol. The number of tetrazole rings is 1. The summed E-state index contributed by atoms with van der Waals surface area (Å²) in [5.41, 5.74) is 0.234. The molecular formula is C22H18F4N8O2S. The molecule has 3 aromatic rings. The minimum Gasteiger partial charge on any atom is -0.475 e. The lowest BCUT2D eigenvalue weighted by atomic mass is 10.0. The molecule has 1 unspecified atom stereocenters. The predicted octanol–water partition coefficient (Wildman–Crippen LogP) is 4.01. The van der Waals surface area contributed by atoms with Crippen LogP contribution in [-0.4, -0.2) is 49.7 Å². The molecule has 0 fully saturated rings. The zero-order valence-corrected chi connectivity index (χ0v) is 19.7. The van der Waals surface area contributed by atoms with E-state index in [1.165, 1.54) is 23.5 Å². The van der Waals surface area contributed by atoms with Crippen molar-refractivity contribution < 1.29 is 27.5 Å². The number of rotatable bonds is 9. The van der Waals surface area contributed by atoms with E-state index >= 15 is 0 Å². The Hall–Kier alpha value is -4.21. The lowest BCUT2D eigenvalue weighted by molar-refractivity contribution is -0.192. The van der Waals surface area contributed by atoms with E-state index in [1.54, 1.807) is 22.9 Å². The molecule has 1 aliphatic heterocycles. The number of alkyl halides is 3. The van der Waals surface area contributed by atoms with Gasteiger partial charge in [-0.1, -0.05) is 0 Å². The predicted molar refractivity (Wildman–Crippen MR) is 122 cm³/mol. The Labute approximate surface area is 211 Å². The number of hydrogen-bond donors (Lipinski definition) is 2. The van der Waals surface area contributed by atoms with Crippen LogP contribution in [0.1, 0.15) is 40.9 Å². The molecule has 37 heavy (non-hydrogen) atoms. The summed E-state index contributed by atoms with van der Waals surface area (Å²) in [4.78, 5) is 10.4. The third-order valence-electron chi connectivity index (χ3n) is 5.01. The normalized spacial score (nSPS) is 14.1. The third kappa shape index (κ3) is 7.39. The molecule has 3 heterocycles. The average Bonchev–Trinajstić information content (AvgIpc) is 3.23. The highest BCUT2D eigenvalue weighted by molar-refractivity contribution is 7.12. The van der Waals surface area contributed by atoms with Gasteiger partial charge in [-0.25, -0.2) is 9.18 Å². The van der Waals surface area contributed by atoms with E-state index in [0.717, 1.165) is 11.3 Å². The molecule has 1 aliphatic rings. The van der Waals surface area contributed by atoms with Crippen molar-refractivity contribution >= 4 is 17.3 Å². The maximum atomic E-state index is 13.3. The van der Waals surface area contributed by atoms with Crippen LogP contribution in [0, 0.1) is 29.5 Å². The van der Waals surface area contributed by atoms with Gasteiger partial charge in [-0.15, -0.1) is 28.8 Å². The summed E-state index contributed by atoms with van der Waals surface area (Å²) in [6.07, 6.45) is 2.31. The number of nitriles is 1. The fourth-order valence-electron chi connectivity index (χ4n) is 3.11. The van der Waals surface area contributed by atoms with Crippen LogP contribution in [-0.2, 0) is 4.79 Å². The molecule has 192 valence electrons. The third-order valence-corrected chi connectivity index (χ3v) is 6.07. The van der Waals surface area contributed by atoms with Gasteiger partial charge in [0.05, 0.1) is 5.69 Å². The highest BCUT2D eigenvalue weighted by Crippen LogP contribution is 2.36. The maximum Gasteiger partial charge on any atom is 0.490 e. The van der Waals surface area contributed by atoms with Gasteiger partial charge in [0, 0.05) is 30.7 Å². The molecule has 0 bridgehead atoms. The number of nitrogens with zero attached hydrogens (tertiary/aromatic N) is 7.